The fourth-order valence-electron chi connectivity index (χ4n) is 2.34. The maximum Gasteiger partial charge on any atom is 0.243 e. The molecule has 1 aromatic rings. The standard InChI is InChI=1S/C15H22N2O/c1-10(16)14(18)17-8-7-11-9-12(15(2,3)4)5-6-13(11)17/h5-6,9-10H,7-8,16H2,1-4H3/t10-/m1/s1. The van der Waals surface area contributed by atoms with Crippen LogP contribution in [0, 0.1) is 0 Å². The molecule has 0 radical (unpaired) electrons. The minimum atomic E-state index is -0.432. The summed E-state index contributed by atoms with van der Waals surface area (Å²) < 4.78 is 0. The Kier molecular flexibility index (Phi) is 3.20. The van der Waals surface area contributed by atoms with Gasteiger partial charge in [-0.05, 0) is 36.0 Å². The molecule has 1 atom stereocenters. The van der Waals surface area contributed by atoms with E-state index in [2.05, 4.69) is 39.0 Å². The molecule has 18 heavy (non-hydrogen) atoms. The fraction of sp³-hybridized carbons (Fsp3) is 0.533. The highest BCUT2D eigenvalue weighted by Gasteiger charge is 2.27. The van der Waals surface area contributed by atoms with Gasteiger partial charge in [0, 0.05) is 12.2 Å². The highest BCUT2D eigenvalue weighted by atomic mass is 16.2. The first-order valence-electron chi connectivity index (χ1n) is 6.51. The quantitative estimate of drug-likeness (QED) is 0.826. The first-order chi connectivity index (χ1) is 8.30. The Morgan fingerprint density at radius 1 is 1.39 bits per heavy atom. The second-order valence-corrected chi connectivity index (χ2v) is 6.12. The third kappa shape index (κ3) is 2.27. The fourth-order valence-corrected chi connectivity index (χ4v) is 2.34. The SMILES string of the molecule is C[C@@H](N)C(=O)N1CCc2cc(C(C)(C)C)ccc21. The largest absolute Gasteiger partial charge is 0.320 e. The van der Waals surface area contributed by atoms with Crippen molar-refractivity contribution in [1.29, 1.82) is 0 Å². The van der Waals surface area contributed by atoms with E-state index in [9.17, 15) is 4.79 Å². The maximum absolute atomic E-state index is 12.0. The predicted molar refractivity (Wildman–Crippen MR) is 74.8 cm³/mol. The molecule has 3 heteroatoms. The van der Waals surface area contributed by atoms with E-state index in [1.54, 1.807) is 6.92 Å². The van der Waals surface area contributed by atoms with Crippen molar-refractivity contribution in [2.45, 2.75) is 45.6 Å². The van der Waals surface area contributed by atoms with Crippen LogP contribution < -0.4 is 10.6 Å². The molecule has 1 aliphatic rings. The summed E-state index contributed by atoms with van der Waals surface area (Å²) in [5.74, 6) is 0.0114. The number of anilines is 1. The summed E-state index contributed by atoms with van der Waals surface area (Å²) in [5, 5.41) is 0. The molecular formula is C15H22N2O. The van der Waals surface area contributed by atoms with Crippen molar-refractivity contribution in [3.63, 3.8) is 0 Å². The Hall–Kier alpha value is -1.35. The smallest absolute Gasteiger partial charge is 0.243 e. The summed E-state index contributed by atoms with van der Waals surface area (Å²) in [7, 11) is 0. The molecule has 0 fully saturated rings. The molecule has 2 rings (SSSR count). The average molecular weight is 246 g/mol. The Bertz CT molecular complexity index is 472. The lowest BCUT2D eigenvalue weighted by Crippen LogP contribution is -2.41. The number of benzene rings is 1. The van der Waals surface area contributed by atoms with Gasteiger partial charge in [-0.1, -0.05) is 32.9 Å². The number of nitrogens with zero attached hydrogens (tertiary/aromatic N) is 1. The van der Waals surface area contributed by atoms with Crippen LogP contribution in [0.1, 0.15) is 38.8 Å². The van der Waals surface area contributed by atoms with Crippen molar-refractivity contribution < 1.29 is 4.79 Å². The third-order valence-corrected chi connectivity index (χ3v) is 3.50. The van der Waals surface area contributed by atoms with Gasteiger partial charge in [-0.15, -0.1) is 0 Å². The van der Waals surface area contributed by atoms with Crippen molar-refractivity contribution >= 4 is 11.6 Å². The van der Waals surface area contributed by atoms with Gasteiger partial charge in [0.25, 0.3) is 0 Å². The lowest BCUT2D eigenvalue weighted by Gasteiger charge is -2.22. The molecule has 0 aliphatic carbocycles. The van der Waals surface area contributed by atoms with Crippen LogP contribution in [-0.2, 0) is 16.6 Å². The molecule has 0 saturated heterocycles. The van der Waals surface area contributed by atoms with E-state index in [4.69, 9.17) is 5.73 Å². The van der Waals surface area contributed by atoms with Crippen LogP contribution in [0.4, 0.5) is 5.69 Å². The second-order valence-electron chi connectivity index (χ2n) is 6.12. The lowest BCUT2D eigenvalue weighted by molar-refractivity contribution is -0.119. The minimum absolute atomic E-state index is 0.0114. The minimum Gasteiger partial charge on any atom is -0.320 e. The van der Waals surface area contributed by atoms with Gasteiger partial charge in [-0.3, -0.25) is 4.79 Å². The molecule has 98 valence electrons. The van der Waals surface area contributed by atoms with Crippen molar-refractivity contribution in [3.05, 3.63) is 29.3 Å². The Labute approximate surface area is 109 Å². The molecule has 3 nitrogen and oxygen atoms in total. The third-order valence-electron chi connectivity index (χ3n) is 3.50. The molecule has 1 aromatic carbocycles. The van der Waals surface area contributed by atoms with Gasteiger partial charge >= 0.3 is 0 Å². The second kappa shape index (κ2) is 4.39. The topological polar surface area (TPSA) is 46.3 Å². The van der Waals surface area contributed by atoms with E-state index in [1.807, 2.05) is 4.90 Å². The van der Waals surface area contributed by atoms with E-state index in [0.29, 0.717) is 0 Å². The van der Waals surface area contributed by atoms with Crippen molar-refractivity contribution in [3.8, 4) is 0 Å². The molecule has 1 amide bonds. The predicted octanol–water partition coefficient (Wildman–Crippen LogP) is 2.22. The summed E-state index contributed by atoms with van der Waals surface area (Å²) >= 11 is 0. The molecule has 0 spiro atoms. The van der Waals surface area contributed by atoms with Crippen LogP contribution in [0.25, 0.3) is 0 Å². The first kappa shape index (κ1) is 13.1. The van der Waals surface area contributed by atoms with Crippen LogP contribution in [-0.4, -0.2) is 18.5 Å². The van der Waals surface area contributed by atoms with Crippen LogP contribution >= 0.6 is 0 Å². The number of fused-ring (bicyclic) bond motifs is 1. The van der Waals surface area contributed by atoms with Crippen molar-refractivity contribution in [2.75, 3.05) is 11.4 Å². The van der Waals surface area contributed by atoms with E-state index in [-0.39, 0.29) is 11.3 Å². The number of amides is 1. The van der Waals surface area contributed by atoms with Crippen LogP contribution in [0.15, 0.2) is 18.2 Å². The van der Waals surface area contributed by atoms with Gasteiger partial charge < -0.3 is 10.6 Å². The number of rotatable bonds is 1. The highest BCUT2D eigenvalue weighted by Crippen LogP contribution is 2.33. The van der Waals surface area contributed by atoms with Crippen LogP contribution in [0.3, 0.4) is 0 Å². The van der Waals surface area contributed by atoms with Crippen LogP contribution in [0.2, 0.25) is 0 Å². The van der Waals surface area contributed by atoms with Gasteiger partial charge in [0.05, 0.1) is 6.04 Å². The number of carbonyl (C=O) groups is 1. The zero-order valence-corrected chi connectivity index (χ0v) is 11.7. The molecule has 0 aromatic heterocycles. The Morgan fingerprint density at radius 2 is 2.06 bits per heavy atom. The summed E-state index contributed by atoms with van der Waals surface area (Å²) in [6.45, 7) is 9.10. The van der Waals surface area contributed by atoms with E-state index in [0.717, 1.165) is 18.7 Å². The first-order valence-corrected chi connectivity index (χ1v) is 6.51. The molecule has 0 bridgehead atoms. The number of nitrogens with two attached hydrogens (primary N) is 1. The molecule has 2 N–H and O–H groups in total. The number of hydrogen-bond acceptors (Lipinski definition) is 2. The van der Waals surface area contributed by atoms with E-state index in [1.165, 1.54) is 11.1 Å². The summed E-state index contributed by atoms with van der Waals surface area (Å²) in [4.78, 5) is 13.8. The zero-order valence-electron chi connectivity index (χ0n) is 11.7. The Balaban J connectivity index is 2.34. The van der Waals surface area contributed by atoms with Gasteiger partial charge in [-0.2, -0.15) is 0 Å². The van der Waals surface area contributed by atoms with Gasteiger partial charge in [0.15, 0.2) is 0 Å². The van der Waals surface area contributed by atoms with Crippen molar-refractivity contribution in [2.24, 2.45) is 5.73 Å². The van der Waals surface area contributed by atoms with E-state index >= 15 is 0 Å². The average Bonchev–Trinajstić information content (AvgIpc) is 2.69. The molecule has 1 heterocycles. The summed E-state index contributed by atoms with van der Waals surface area (Å²) in [5.41, 5.74) is 9.44. The van der Waals surface area contributed by atoms with Crippen LogP contribution in [0.5, 0.6) is 0 Å². The van der Waals surface area contributed by atoms with E-state index < -0.39 is 6.04 Å². The molecule has 0 saturated carbocycles. The Morgan fingerprint density at radius 3 is 2.61 bits per heavy atom. The van der Waals surface area contributed by atoms with Gasteiger partial charge in [-0.25, -0.2) is 0 Å². The molecule has 0 unspecified atom stereocenters. The number of carbonyl (C=O) groups excluding carboxylic acids is 1. The van der Waals surface area contributed by atoms with Crippen molar-refractivity contribution in [1.82, 2.24) is 0 Å². The number of hydrogen-bond donors (Lipinski definition) is 1. The lowest BCUT2D eigenvalue weighted by atomic mass is 9.86. The molecular weight excluding hydrogens is 224 g/mol. The maximum atomic E-state index is 12.0. The van der Waals surface area contributed by atoms with Gasteiger partial charge in [0.2, 0.25) is 5.91 Å². The normalized spacial score (nSPS) is 16.6. The summed E-state index contributed by atoms with van der Waals surface area (Å²) in [6, 6.07) is 5.97. The summed E-state index contributed by atoms with van der Waals surface area (Å²) in [6.07, 6.45) is 0.928. The molecule has 1 aliphatic heterocycles. The van der Waals surface area contributed by atoms with Gasteiger partial charge in [0.1, 0.15) is 0 Å². The zero-order chi connectivity index (χ0) is 13.5. The monoisotopic (exact) mass is 246 g/mol. The highest BCUT2D eigenvalue weighted by molar-refractivity contribution is 5.98.